The third kappa shape index (κ3) is 2.97. The minimum Gasteiger partial charge on any atom is -0.364 e. The summed E-state index contributed by atoms with van der Waals surface area (Å²) in [6, 6.07) is 5.91. The van der Waals surface area contributed by atoms with Gasteiger partial charge in [-0.15, -0.1) is 0 Å². The molecule has 0 fully saturated rings. The topological polar surface area (TPSA) is 42.7 Å². The maximum absolute atomic E-state index is 5.89. The van der Waals surface area contributed by atoms with Gasteiger partial charge in [0.25, 0.3) is 0 Å². The van der Waals surface area contributed by atoms with Gasteiger partial charge < -0.3 is 5.32 Å². The predicted octanol–water partition coefficient (Wildman–Crippen LogP) is 3.12. The van der Waals surface area contributed by atoms with Crippen molar-refractivity contribution >= 4 is 17.4 Å². The number of halogens is 1. The number of nitrogens with one attached hydrogen (secondary N) is 1. The first-order valence-corrected chi connectivity index (χ1v) is 5.92. The van der Waals surface area contributed by atoms with E-state index < -0.39 is 0 Å². The molecule has 2 rings (SSSR count). The van der Waals surface area contributed by atoms with Gasteiger partial charge in [0.2, 0.25) is 0 Å². The molecule has 17 heavy (non-hydrogen) atoms. The number of aromatic nitrogens is 3. The standard InChI is InChI=1S/C12H15ClN4/c1-9(2)17-11(4-6-16-17)8-15-12-7-10(13)3-5-14-12/h3-7,9H,8H2,1-2H3,(H,14,15). The van der Waals surface area contributed by atoms with Crippen molar-refractivity contribution in [2.45, 2.75) is 26.4 Å². The van der Waals surface area contributed by atoms with E-state index in [9.17, 15) is 0 Å². The van der Waals surface area contributed by atoms with Crippen molar-refractivity contribution in [1.29, 1.82) is 0 Å². The second-order valence-corrected chi connectivity index (χ2v) is 4.51. The van der Waals surface area contributed by atoms with Gasteiger partial charge in [-0.2, -0.15) is 5.10 Å². The largest absolute Gasteiger partial charge is 0.364 e. The first-order valence-electron chi connectivity index (χ1n) is 5.54. The molecule has 2 aromatic rings. The summed E-state index contributed by atoms with van der Waals surface area (Å²) in [7, 11) is 0. The zero-order valence-electron chi connectivity index (χ0n) is 9.89. The Bertz CT molecular complexity index is 493. The Morgan fingerprint density at radius 3 is 2.88 bits per heavy atom. The molecule has 0 radical (unpaired) electrons. The molecular weight excluding hydrogens is 236 g/mol. The first kappa shape index (κ1) is 11.9. The van der Waals surface area contributed by atoms with E-state index in [1.807, 2.05) is 16.9 Å². The predicted molar refractivity (Wildman–Crippen MR) is 69.2 cm³/mol. The number of hydrogen-bond donors (Lipinski definition) is 1. The van der Waals surface area contributed by atoms with Gasteiger partial charge in [0, 0.05) is 23.5 Å². The summed E-state index contributed by atoms with van der Waals surface area (Å²) in [4.78, 5) is 4.19. The van der Waals surface area contributed by atoms with Gasteiger partial charge in [0.1, 0.15) is 5.82 Å². The number of nitrogens with zero attached hydrogens (tertiary/aromatic N) is 3. The molecule has 0 saturated carbocycles. The Labute approximate surface area is 106 Å². The summed E-state index contributed by atoms with van der Waals surface area (Å²) >= 11 is 5.89. The van der Waals surface area contributed by atoms with Gasteiger partial charge in [0.15, 0.2) is 0 Å². The summed E-state index contributed by atoms with van der Waals surface area (Å²) in [5.41, 5.74) is 1.13. The highest BCUT2D eigenvalue weighted by Crippen LogP contribution is 2.14. The molecule has 1 N–H and O–H groups in total. The molecule has 0 bridgehead atoms. The van der Waals surface area contributed by atoms with Gasteiger partial charge in [-0.25, -0.2) is 4.98 Å². The highest BCUT2D eigenvalue weighted by Gasteiger charge is 2.05. The van der Waals surface area contributed by atoms with Crippen LogP contribution in [0.1, 0.15) is 25.6 Å². The number of hydrogen-bond acceptors (Lipinski definition) is 3. The van der Waals surface area contributed by atoms with E-state index in [0.29, 0.717) is 17.6 Å². The molecule has 0 amide bonds. The Morgan fingerprint density at radius 1 is 1.35 bits per heavy atom. The molecule has 0 spiro atoms. The van der Waals surface area contributed by atoms with Crippen LogP contribution in [0.25, 0.3) is 0 Å². The van der Waals surface area contributed by atoms with E-state index in [4.69, 9.17) is 11.6 Å². The maximum Gasteiger partial charge on any atom is 0.127 e. The lowest BCUT2D eigenvalue weighted by molar-refractivity contribution is 0.512. The minimum atomic E-state index is 0.356. The second kappa shape index (κ2) is 5.19. The van der Waals surface area contributed by atoms with Gasteiger partial charge >= 0.3 is 0 Å². The monoisotopic (exact) mass is 250 g/mol. The maximum atomic E-state index is 5.89. The summed E-state index contributed by atoms with van der Waals surface area (Å²) in [6.45, 7) is 4.90. The van der Waals surface area contributed by atoms with Crippen molar-refractivity contribution in [2.75, 3.05) is 5.32 Å². The molecule has 0 atom stereocenters. The quantitative estimate of drug-likeness (QED) is 0.907. The van der Waals surface area contributed by atoms with E-state index >= 15 is 0 Å². The fourth-order valence-electron chi connectivity index (χ4n) is 1.63. The average Bonchev–Trinajstić information content (AvgIpc) is 2.74. The molecular formula is C12H15ClN4. The molecule has 0 saturated heterocycles. The summed E-state index contributed by atoms with van der Waals surface area (Å²) in [5.74, 6) is 0.772. The van der Waals surface area contributed by atoms with E-state index in [-0.39, 0.29) is 0 Å². The minimum absolute atomic E-state index is 0.356. The van der Waals surface area contributed by atoms with Crippen LogP contribution < -0.4 is 5.32 Å². The van der Waals surface area contributed by atoms with Gasteiger partial charge in [-0.05, 0) is 32.0 Å². The number of anilines is 1. The third-order valence-corrected chi connectivity index (χ3v) is 2.65. The normalized spacial score (nSPS) is 10.8. The lowest BCUT2D eigenvalue weighted by Crippen LogP contribution is -2.11. The molecule has 0 aliphatic heterocycles. The van der Waals surface area contributed by atoms with Crippen molar-refractivity contribution in [3.05, 3.63) is 41.3 Å². The van der Waals surface area contributed by atoms with E-state index in [1.165, 1.54) is 0 Å². The lowest BCUT2D eigenvalue weighted by Gasteiger charge is -2.11. The summed E-state index contributed by atoms with van der Waals surface area (Å²) in [6.07, 6.45) is 3.49. The van der Waals surface area contributed by atoms with Crippen LogP contribution in [-0.2, 0) is 6.54 Å². The van der Waals surface area contributed by atoms with Crippen molar-refractivity contribution in [1.82, 2.24) is 14.8 Å². The molecule has 0 aromatic carbocycles. The lowest BCUT2D eigenvalue weighted by atomic mass is 10.3. The Morgan fingerprint density at radius 2 is 2.18 bits per heavy atom. The van der Waals surface area contributed by atoms with E-state index in [2.05, 4.69) is 29.2 Å². The van der Waals surface area contributed by atoms with Crippen LogP contribution in [0, 0.1) is 0 Å². The SMILES string of the molecule is CC(C)n1nccc1CNc1cc(Cl)ccn1. The van der Waals surface area contributed by atoms with Crippen LogP contribution in [0.4, 0.5) is 5.82 Å². The zero-order valence-corrected chi connectivity index (χ0v) is 10.6. The molecule has 0 aliphatic carbocycles. The summed E-state index contributed by atoms with van der Waals surface area (Å²) in [5, 5.41) is 8.18. The van der Waals surface area contributed by atoms with Crippen LogP contribution >= 0.6 is 11.6 Å². The number of pyridine rings is 1. The van der Waals surface area contributed by atoms with Crippen molar-refractivity contribution < 1.29 is 0 Å². The molecule has 2 heterocycles. The Hall–Kier alpha value is -1.55. The van der Waals surface area contributed by atoms with Crippen LogP contribution in [0.15, 0.2) is 30.6 Å². The fraction of sp³-hybridized carbons (Fsp3) is 0.333. The first-order chi connectivity index (χ1) is 8.16. The smallest absolute Gasteiger partial charge is 0.127 e. The van der Waals surface area contributed by atoms with Crippen molar-refractivity contribution in [2.24, 2.45) is 0 Å². The number of rotatable bonds is 4. The Kier molecular flexibility index (Phi) is 3.64. The van der Waals surface area contributed by atoms with Crippen molar-refractivity contribution in [3.8, 4) is 0 Å². The second-order valence-electron chi connectivity index (χ2n) is 4.07. The zero-order chi connectivity index (χ0) is 12.3. The van der Waals surface area contributed by atoms with Gasteiger partial charge in [0.05, 0.1) is 12.2 Å². The highest BCUT2D eigenvalue weighted by molar-refractivity contribution is 6.30. The fourth-order valence-corrected chi connectivity index (χ4v) is 1.79. The molecule has 2 aromatic heterocycles. The molecule has 4 nitrogen and oxygen atoms in total. The van der Waals surface area contributed by atoms with Crippen LogP contribution in [0.3, 0.4) is 0 Å². The van der Waals surface area contributed by atoms with Crippen LogP contribution in [0.2, 0.25) is 5.02 Å². The highest BCUT2D eigenvalue weighted by atomic mass is 35.5. The molecule has 0 aliphatic rings. The third-order valence-electron chi connectivity index (χ3n) is 2.41. The van der Waals surface area contributed by atoms with E-state index in [1.54, 1.807) is 18.3 Å². The molecule has 90 valence electrons. The Balaban J connectivity index is 2.05. The van der Waals surface area contributed by atoms with Gasteiger partial charge in [-0.3, -0.25) is 4.68 Å². The van der Waals surface area contributed by atoms with Crippen LogP contribution in [-0.4, -0.2) is 14.8 Å². The average molecular weight is 251 g/mol. The molecule has 0 unspecified atom stereocenters. The molecule has 5 heteroatoms. The van der Waals surface area contributed by atoms with E-state index in [0.717, 1.165) is 11.5 Å². The van der Waals surface area contributed by atoms with Crippen molar-refractivity contribution in [3.63, 3.8) is 0 Å². The summed E-state index contributed by atoms with van der Waals surface area (Å²) < 4.78 is 1.98. The van der Waals surface area contributed by atoms with Gasteiger partial charge in [-0.1, -0.05) is 11.6 Å². The van der Waals surface area contributed by atoms with Crippen LogP contribution in [0.5, 0.6) is 0 Å².